The minimum atomic E-state index is -0.842. The number of hydrogen-bond acceptors (Lipinski definition) is 4. The largest absolute Gasteiger partial charge is 0.490 e. The van der Waals surface area contributed by atoms with E-state index in [0.717, 1.165) is 16.7 Å². The number of aryl methyl sites for hydroxylation is 2. The zero-order valence-corrected chi connectivity index (χ0v) is 14.8. The lowest BCUT2D eigenvalue weighted by molar-refractivity contribution is -0.136. The molecule has 134 valence electrons. The Morgan fingerprint density at radius 2 is 1.81 bits per heavy atom. The molecule has 0 aliphatic rings. The van der Waals surface area contributed by atoms with Crippen LogP contribution in [-0.4, -0.2) is 24.6 Å². The molecule has 0 radical (unpaired) electrons. The van der Waals surface area contributed by atoms with Crippen LogP contribution in [0.3, 0.4) is 0 Å². The van der Waals surface area contributed by atoms with Crippen molar-refractivity contribution < 1.29 is 14.3 Å². The molecule has 2 rings (SSSR count). The van der Waals surface area contributed by atoms with E-state index in [-0.39, 0.29) is 0 Å². The summed E-state index contributed by atoms with van der Waals surface area (Å²) >= 11 is 0. The smallest absolute Gasteiger partial charge is 0.329 e. The van der Waals surface area contributed by atoms with Crippen LogP contribution in [0.15, 0.2) is 60.2 Å². The Hall–Kier alpha value is -3.41. The van der Waals surface area contributed by atoms with Gasteiger partial charge in [0.25, 0.3) is 0 Å². The number of carbonyl (C=O) groups excluding carboxylic acids is 2. The molecule has 0 spiro atoms. The van der Waals surface area contributed by atoms with Crippen LogP contribution in [0.2, 0.25) is 0 Å². The van der Waals surface area contributed by atoms with Crippen molar-refractivity contribution in [3.63, 3.8) is 0 Å². The highest BCUT2D eigenvalue weighted by atomic mass is 16.5. The average Bonchev–Trinajstić information content (AvgIpc) is 2.64. The third-order valence-electron chi connectivity index (χ3n) is 3.60. The molecule has 2 N–H and O–H groups in total. The second kappa shape index (κ2) is 9.17. The molecule has 2 amide bonds. The number of anilines is 1. The lowest BCUT2D eigenvalue weighted by Gasteiger charge is -2.06. The van der Waals surface area contributed by atoms with Crippen LogP contribution in [0.5, 0.6) is 5.75 Å². The quantitative estimate of drug-likeness (QED) is 0.363. The van der Waals surface area contributed by atoms with Crippen LogP contribution < -0.4 is 15.5 Å². The predicted octanol–water partition coefficient (Wildman–Crippen LogP) is 2.96. The first kappa shape index (κ1) is 18.9. The highest BCUT2D eigenvalue weighted by molar-refractivity contribution is 6.39. The highest BCUT2D eigenvalue weighted by Gasteiger charge is 2.13. The Balaban J connectivity index is 1.86. The van der Waals surface area contributed by atoms with Crippen molar-refractivity contribution in [2.75, 3.05) is 11.9 Å². The number of rotatable bonds is 6. The van der Waals surface area contributed by atoms with E-state index < -0.39 is 11.8 Å². The molecule has 0 bridgehead atoms. The fraction of sp³-hybridized carbons (Fsp3) is 0.150. The summed E-state index contributed by atoms with van der Waals surface area (Å²) in [6.07, 6.45) is 3.10. The number of hydrazone groups is 1. The maximum Gasteiger partial charge on any atom is 0.329 e. The maximum absolute atomic E-state index is 11.9. The summed E-state index contributed by atoms with van der Waals surface area (Å²) in [5.41, 5.74) is 5.66. The summed E-state index contributed by atoms with van der Waals surface area (Å²) in [5, 5.41) is 6.32. The first-order valence-corrected chi connectivity index (χ1v) is 8.05. The zero-order valence-electron chi connectivity index (χ0n) is 14.8. The van der Waals surface area contributed by atoms with Crippen molar-refractivity contribution in [1.82, 2.24) is 5.43 Å². The fourth-order valence-corrected chi connectivity index (χ4v) is 2.03. The third kappa shape index (κ3) is 5.59. The molecule has 0 aliphatic heterocycles. The van der Waals surface area contributed by atoms with Gasteiger partial charge in [0.2, 0.25) is 0 Å². The molecular weight excluding hydrogens is 330 g/mol. The Bertz CT molecular complexity index is 827. The Labute approximate surface area is 152 Å². The average molecular weight is 351 g/mol. The van der Waals surface area contributed by atoms with E-state index in [4.69, 9.17) is 4.74 Å². The van der Waals surface area contributed by atoms with Gasteiger partial charge in [0.1, 0.15) is 12.4 Å². The number of nitrogens with zero attached hydrogens (tertiary/aromatic N) is 1. The molecule has 0 heterocycles. The van der Waals surface area contributed by atoms with Crippen molar-refractivity contribution in [1.29, 1.82) is 0 Å². The predicted molar refractivity (Wildman–Crippen MR) is 102 cm³/mol. The van der Waals surface area contributed by atoms with Crippen molar-refractivity contribution in [2.24, 2.45) is 5.10 Å². The molecule has 0 unspecified atom stereocenters. The van der Waals surface area contributed by atoms with Gasteiger partial charge in [-0.1, -0.05) is 18.7 Å². The van der Waals surface area contributed by atoms with Crippen LogP contribution in [0.1, 0.15) is 16.7 Å². The highest BCUT2D eigenvalue weighted by Crippen LogP contribution is 2.14. The van der Waals surface area contributed by atoms with E-state index in [1.54, 1.807) is 42.5 Å². The molecule has 0 atom stereocenters. The van der Waals surface area contributed by atoms with Gasteiger partial charge in [0.15, 0.2) is 0 Å². The summed E-state index contributed by atoms with van der Waals surface area (Å²) in [6.45, 7) is 7.92. The number of amides is 2. The SMILES string of the molecule is C=CCOc1ccc(/C=N/NC(=O)C(=O)Nc2ccc(C)c(C)c2)cc1. The second-order valence-corrected chi connectivity index (χ2v) is 5.62. The summed E-state index contributed by atoms with van der Waals surface area (Å²) in [4.78, 5) is 23.7. The van der Waals surface area contributed by atoms with Crippen LogP contribution in [0.4, 0.5) is 5.69 Å². The normalized spacial score (nSPS) is 10.4. The van der Waals surface area contributed by atoms with E-state index in [9.17, 15) is 9.59 Å². The monoisotopic (exact) mass is 351 g/mol. The Morgan fingerprint density at radius 1 is 1.08 bits per heavy atom. The molecular formula is C20H21N3O3. The van der Waals surface area contributed by atoms with E-state index in [0.29, 0.717) is 18.0 Å². The van der Waals surface area contributed by atoms with Gasteiger partial charge in [-0.2, -0.15) is 5.10 Å². The van der Waals surface area contributed by atoms with Crippen LogP contribution in [-0.2, 0) is 9.59 Å². The molecule has 2 aromatic carbocycles. The number of hydrogen-bond donors (Lipinski definition) is 2. The molecule has 2 aromatic rings. The summed E-state index contributed by atoms with van der Waals surface area (Å²) in [7, 11) is 0. The van der Waals surface area contributed by atoms with Gasteiger partial charge in [0, 0.05) is 5.69 Å². The number of carbonyl (C=O) groups is 2. The van der Waals surface area contributed by atoms with Gasteiger partial charge in [-0.15, -0.1) is 0 Å². The number of benzene rings is 2. The molecule has 0 saturated carbocycles. The van der Waals surface area contributed by atoms with Gasteiger partial charge in [-0.3, -0.25) is 9.59 Å². The van der Waals surface area contributed by atoms with Gasteiger partial charge in [-0.25, -0.2) is 5.43 Å². The topological polar surface area (TPSA) is 79.8 Å². The Morgan fingerprint density at radius 3 is 2.46 bits per heavy atom. The van der Waals surface area contributed by atoms with Crippen LogP contribution in [0, 0.1) is 13.8 Å². The summed E-state index contributed by atoms with van der Waals surface area (Å²) in [5.74, 6) is -0.914. The Kier molecular flexibility index (Phi) is 6.68. The van der Waals surface area contributed by atoms with Gasteiger partial charge in [-0.05, 0) is 66.9 Å². The lowest BCUT2D eigenvalue weighted by Crippen LogP contribution is -2.32. The second-order valence-electron chi connectivity index (χ2n) is 5.62. The van der Waals surface area contributed by atoms with Gasteiger partial charge < -0.3 is 10.1 Å². The van der Waals surface area contributed by atoms with E-state index in [1.165, 1.54) is 6.21 Å². The van der Waals surface area contributed by atoms with Crippen molar-refractivity contribution in [3.8, 4) is 5.75 Å². The molecule has 6 nitrogen and oxygen atoms in total. The van der Waals surface area contributed by atoms with Crippen molar-refractivity contribution >= 4 is 23.7 Å². The van der Waals surface area contributed by atoms with E-state index in [2.05, 4.69) is 22.4 Å². The molecule has 26 heavy (non-hydrogen) atoms. The lowest BCUT2D eigenvalue weighted by atomic mass is 10.1. The maximum atomic E-state index is 11.9. The van der Waals surface area contributed by atoms with Gasteiger partial charge >= 0.3 is 11.8 Å². The number of nitrogens with one attached hydrogen (secondary N) is 2. The van der Waals surface area contributed by atoms with Gasteiger partial charge in [0.05, 0.1) is 6.21 Å². The zero-order chi connectivity index (χ0) is 18.9. The molecule has 6 heteroatoms. The standard InChI is InChI=1S/C20H21N3O3/c1-4-11-26-18-9-6-16(7-10-18)13-21-23-20(25)19(24)22-17-8-5-14(2)15(3)12-17/h4-10,12-13H,1,11H2,2-3H3,(H,22,24)(H,23,25)/b21-13+. The van der Waals surface area contributed by atoms with E-state index >= 15 is 0 Å². The summed E-state index contributed by atoms with van der Waals surface area (Å²) < 4.78 is 5.37. The van der Waals surface area contributed by atoms with Crippen LogP contribution >= 0.6 is 0 Å². The fourth-order valence-electron chi connectivity index (χ4n) is 2.03. The van der Waals surface area contributed by atoms with Crippen molar-refractivity contribution in [3.05, 3.63) is 71.8 Å². The molecule has 0 fully saturated rings. The summed E-state index contributed by atoms with van der Waals surface area (Å²) in [6, 6.07) is 12.5. The number of ether oxygens (including phenoxy) is 1. The van der Waals surface area contributed by atoms with Crippen LogP contribution in [0.25, 0.3) is 0 Å². The molecule has 0 aromatic heterocycles. The minimum absolute atomic E-state index is 0.430. The third-order valence-corrected chi connectivity index (χ3v) is 3.60. The first-order valence-electron chi connectivity index (χ1n) is 8.05. The molecule has 0 saturated heterocycles. The van der Waals surface area contributed by atoms with E-state index in [1.807, 2.05) is 19.9 Å². The first-order chi connectivity index (χ1) is 12.5. The molecule has 0 aliphatic carbocycles. The van der Waals surface area contributed by atoms with Crippen molar-refractivity contribution in [2.45, 2.75) is 13.8 Å². The minimum Gasteiger partial charge on any atom is -0.490 e.